The van der Waals surface area contributed by atoms with Gasteiger partial charge in [-0.15, -0.1) is 0 Å². The van der Waals surface area contributed by atoms with Crippen LogP contribution in [0, 0.1) is 23.7 Å². The summed E-state index contributed by atoms with van der Waals surface area (Å²) in [5.41, 5.74) is 1.13. The second-order valence-corrected chi connectivity index (χ2v) is 7.66. The predicted molar refractivity (Wildman–Crippen MR) is 101 cm³/mol. The molecule has 4 heteroatoms. The molecule has 140 valence electrons. The van der Waals surface area contributed by atoms with Gasteiger partial charge in [-0.3, -0.25) is 4.79 Å². The van der Waals surface area contributed by atoms with Crippen molar-refractivity contribution in [2.45, 2.75) is 46.5 Å². The summed E-state index contributed by atoms with van der Waals surface area (Å²) in [5, 5.41) is 3.16. The Balaban J connectivity index is 1.91. The maximum absolute atomic E-state index is 12.7. The monoisotopic (exact) mass is 347 g/mol. The van der Waals surface area contributed by atoms with Crippen LogP contribution in [0.1, 0.15) is 45.6 Å². The quantitative estimate of drug-likeness (QED) is 0.809. The maximum atomic E-state index is 12.7. The molecular formula is C21H33NO3. The molecule has 1 amide bonds. The molecule has 4 nitrogen and oxygen atoms in total. The van der Waals surface area contributed by atoms with Crippen LogP contribution in [-0.2, 0) is 11.2 Å². The van der Waals surface area contributed by atoms with Crippen molar-refractivity contribution < 1.29 is 14.3 Å². The van der Waals surface area contributed by atoms with Crippen LogP contribution in [0.25, 0.3) is 0 Å². The normalized spacial score (nSPS) is 23.4. The van der Waals surface area contributed by atoms with Crippen LogP contribution in [-0.4, -0.2) is 26.7 Å². The first kappa shape index (κ1) is 19.6. The predicted octanol–water partition coefficient (Wildman–Crippen LogP) is 4.07. The molecule has 0 radical (unpaired) electrons. The van der Waals surface area contributed by atoms with E-state index in [1.165, 1.54) is 12.8 Å². The van der Waals surface area contributed by atoms with Crippen molar-refractivity contribution in [2.24, 2.45) is 23.7 Å². The summed E-state index contributed by atoms with van der Waals surface area (Å²) >= 11 is 0. The number of amides is 1. The zero-order valence-electron chi connectivity index (χ0n) is 16.3. The lowest BCUT2D eigenvalue weighted by Crippen LogP contribution is -2.40. The highest BCUT2D eigenvalue weighted by Crippen LogP contribution is 2.38. The van der Waals surface area contributed by atoms with Gasteiger partial charge in [0, 0.05) is 12.5 Å². The smallest absolute Gasteiger partial charge is 0.223 e. The number of methoxy groups -OCH3 is 2. The molecule has 1 aromatic rings. The molecule has 3 atom stereocenters. The zero-order chi connectivity index (χ0) is 18.4. The van der Waals surface area contributed by atoms with Gasteiger partial charge in [-0.1, -0.05) is 33.3 Å². The Bertz CT molecular complexity index is 570. The van der Waals surface area contributed by atoms with Crippen molar-refractivity contribution in [1.29, 1.82) is 0 Å². The summed E-state index contributed by atoms with van der Waals surface area (Å²) in [4.78, 5) is 12.7. The van der Waals surface area contributed by atoms with Crippen molar-refractivity contribution in [3.63, 3.8) is 0 Å². The minimum absolute atomic E-state index is 0.161. The fourth-order valence-corrected chi connectivity index (χ4v) is 4.00. The SMILES string of the molecule is COc1ccc(CCNC(=O)[C@@H]2C[C@@H](C)CC[C@H]2C(C)C)cc1OC. The summed E-state index contributed by atoms with van der Waals surface area (Å²) in [6.07, 6.45) is 4.23. The van der Waals surface area contributed by atoms with E-state index in [-0.39, 0.29) is 11.8 Å². The third kappa shape index (κ3) is 5.13. The molecule has 2 rings (SSSR count). The summed E-state index contributed by atoms with van der Waals surface area (Å²) in [6, 6.07) is 5.91. The Morgan fingerprint density at radius 1 is 1.20 bits per heavy atom. The third-order valence-corrected chi connectivity index (χ3v) is 5.52. The van der Waals surface area contributed by atoms with E-state index in [2.05, 4.69) is 26.1 Å². The van der Waals surface area contributed by atoms with Crippen molar-refractivity contribution in [3.8, 4) is 11.5 Å². The lowest BCUT2D eigenvalue weighted by Gasteiger charge is -2.36. The van der Waals surface area contributed by atoms with E-state index in [1.54, 1.807) is 14.2 Å². The number of ether oxygens (including phenoxy) is 2. The van der Waals surface area contributed by atoms with Gasteiger partial charge in [0.05, 0.1) is 14.2 Å². The molecule has 1 saturated carbocycles. The van der Waals surface area contributed by atoms with Gasteiger partial charge in [0.2, 0.25) is 5.91 Å². The summed E-state index contributed by atoms with van der Waals surface area (Å²) < 4.78 is 10.6. The van der Waals surface area contributed by atoms with E-state index in [4.69, 9.17) is 9.47 Å². The van der Waals surface area contributed by atoms with Crippen molar-refractivity contribution >= 4 is 5.91 Å². The standard InChI is InChI=1S/C21H33NO3/c1-14(2)17-8-6-15(3)12-18(17)21(23)22-11-10-16-7-9-19(24-4)20(13-16)25-5/h7,9,13-15,17-18H,6,8,10-12H2,1-5H3,(H,22,23)/t15-,17-,18+/m0/s1. The number of rotatable bonds is 7. The van der Waals surface area contributed by atoms with Crippen LogP contribution in [0.3, 0.4) is 0 Å². The summed E-state index contributed by atoms with van der Waals surface area (Å²) in [7, 11) is 3.27. The molecule has 1 aliphatic rings. The molecule has 0 aliphatic heterocycles. The van der Waals surface area contributed by atoms with Crippen molar-refractivity contribution in [3.05, 3.63) is 23.8 Å². The summed E-state index contributed by atoms with van der Waals surface area (Å²) in [5.74, 6) is 3.57. The molecule has 0 spiro atoms. The molecule has 0 saturated heterocycles. The van der Waals surface area contributed by atoms with Gasteiger partial charge in [-0.05, 0) is 54.7 Å². The molecule has 0 unspecified atom stereocenters. The average Bonchev–Trinajstić information content (AvgIpc) is 2.61. The van der Waals surface area contributed by atoms with Crippen LogP contribution >= 0.6 is 0 Å². The second kappa shape index (κ2) is 9.12. The van der Waals surface area contributed by atoms with Crippen molar-refractivity contribution in [1.82, 2.24) is 5.32 Å². The topological polar surface area (TPSA) is 47.6 Å². The molecule has 1 aromatic carbocycles. The highest BCUT2D eigenvalue weighted by molar-refractivity contribution is 5.79. The molecule has 0 heterocycles. The Morgan fingerprint density at radius 2 is 1.92 bits per heavy atom. The Labute approximate surface area is 152 Å². The first-order valence-corrected chi connectivity index (χ1v) is 9.44. The average molecular weight is 347 g/mol. The second-order valence-electron chi connectivity index (χ2n) is 7.66. The van der Waals surface area contributed by atoms with E-state index in [0.29, 0.717) is 24.3 Å². The van der Waals surface area contributed by atoms with Gasteiger partial charge in [0.25, 0.3) is 0 Å². The molecule has 0 bridgehead atoms. The number of hydrogen-bond acceptors (Lipinski definition) is 3. The number of nitrogens with one attached hydrogen (secondary N) is 1. The molecule has 1 aliphatic carbocycles. The Morgan fingerprint density at radius 3 is 2.56 bits per heavy atom. The van der Waals surface area contributed by atoms with E-state index < -0.39 is 0 Å². The number of carbonyl (C=O) groups is 1. The third-order valence-electron chi connectivity index (χ3n) is 5.52. The molecule has 25 heavy (non-hydrogen) atoms. The number of carbonyl (C=O) groups excluding carboxylic acids is 1. The first-order valence-electron chi connectivity index (χ1n) is 9.44. The van der Waals surface area contributed by atoms with Crippen molar-refractivity contribution in [2.75, 3.05) is 20.8 Å². The van der Waals surface area contributed by atoms with E-state index in [1.807, 2.05) is 18.2 Å². The Hall–Kier alpha value is -1.71. The van der Waals surface area contributed by atoms with Crippen LogP contribution < -0.4 is 14.8 Å². The summed E-state index contributed by atoms with van der Waals surface area (Å²) in [6.45, 7) is 7.40. The maximum Gasteiger partial charge on any atom is 0.223 e. The van der Waals surface area contributed by atoms with Gasteiger partial charge in [-0.25, -0.2) is 0 Å². The fraction of sp³-hybridized carbons (Fsp3) is 0.667. The number of benzene rings is 1. The molecule has 1 fully saturated rings. The van der Waals surface area contributed by atoms with Gasteiger partial charge in [-0.2, -0.15) is 0 Å². The lowest BCUT2D eigenvalue weighted by atomic mass is 9.70. The minimum atomic E-state index is 0.161. The molecule has 0 aromatic heterocycles. The zero-order valence-corrected chi connectivity index (χ0v) is 16.3. The van der Waals surface area contributed by atoms with Crippen LogP contribution in [0.4, 0.5) is 0 Å². The highest BCUT2D eigenvalue weighted by atomic mass is 16.5. The minimum Gasteiger partial charge on any atom is -0.493 e. The molecule has 1 N–H and O–H groups in total. The van der Waals surface area contributed by atoms with Gasteiger partial charge < -0.3 is 14.8 Å². The van der Waals surface area contributed by atoms with Gasteiger partial charge >= 0.3 is 0 Å². The lowest BCUT2D eigenvalue weighted by molar-refractivity contribution is -0.129. The van der Waals surface area contributed by atoms with Crippen LogP contribution in [0.5, 0.6) is 11.5 Å². The van der Waals surface area contributed by atoms with Gasteiger partial charge in [0.15, 0.2) is 11.5 Å². The highest BCUT2D eigenvalue weighted by Gasteiger charge is 2.35. The van der Waals surface area contributed by atoms with E-state index in [0.717, 1.165) is 29.9 Å². The van der Waals surface area contributed by atoms with Crippen LogP contribution in [0.15, 0.2) is 18.2 Å². The fourth-order valence-electron chi connectivity index (χ4n) is 4.00. The number of hydrogen-bond donors (Lipinski definition) is 1. The van der Waals surface area contributed by atoms with Crippen LogP contribution in [0.2, 0.25) is 0 Å². The van der Waals surface area contributed by atoms with E-state index in [9.17, 15) is 4.79 Å². The van der Waals surface area contributed by atoms with Gasteiger partial charge in [0.1, 0.15) is 0 Å². The molecular weight excluding hydrogens is 314 g/mol. The first-order chi connectivity index (χ1) is 12.0. The Kier molecular flexibility index (Phi) is 7.15. The van der Waals surface area contributed by atoms with E-state index >= 15 is 0 Å². The largest absolute Gasteiger partial charge is 0.493 e.